The van der Waals surface area contributed by atoms with Gasteiger partial charge in [-0.3, -0.25) is 4.99 Å². The van der Waals surface area contributed by atoms with Gasteiger partial charge in [-0.2, -0.15) is 0 Å². The first-order chi connectivity index (χ1) is 12.2. The third-order valence-corrected chi connectivity index (χ3v) is 6.74. The molecule has 1 aliphatic heterocycles. The Morgan fingerprint density at radius 1 is 1.20 bits per heavy atom. The molecule has 0 aromatic heterocycles. The molecule has 2 saturated carbocycles. The number of rotatable bonds is 5. The third kappa shape index (κ3) is 4.03. The summed E-state index contributed by atoms with van der Waals surface area (Å²) >= 11 is 3.72. The second-order valence-corrected chi connectivity index (χ2v) is 8.73. The average Bonchev–Trinajstić information content (AvgIpc) is 3.54. The van der Waals surface area contributed by atoms with Crippen molar-refractivity contribution >= 4 is 21.9 Å². The van der Waals surface area contributed by atoms with Crippen molar-refractivity contribution in [2.75, 3.05) is 26.7 Å². The van der Waals surface area contributed by atoms with Crippen LogP contribution in [0.25, 0.3) is 0 Å². The number of likely N-dealkylation sites (tertiary alicyclic amines) is 1. The Labute approximate surface area is 159 Å². The van der Waals surface area contributed by atoms with Gasteiger partial charge in [-0.15, -0.1) is 0 Å². The summed E-state index contributed by atoms with van der Waals surface area (Å²) in [4.78, 5) is 7.13. The van der Waals surface area contributed by atoms with E-state index in [0.29, 0.717) is 6.04 Å². The summed E-state index contributed by atoms with van der Waals surface area (Å²) in [6.45, 7) is 3.43. The molecule has 25 heavy (non-hydrogen) atoms. The van der Waals surface area contributed by atoms with Crippen LogP contribution in [0.5, 0.6) is 0 Å². The molecule has 0 bridgehead atoms. The van der Waals surface area contributed by atoms with Gasteiger partial charge in [-0.25, -0.2) is 0 Å². The van der Waals surface area contributed by atoms with Crippen molar-refractivity contribution in [2.45, 2.75) is 56.0 Å². The molecule has 2 aliphatic carbocycles. The Kier molecular flexibility index (Phi) is 5.05. The molecule has 0 unspecified atom stereocenters. The molecule has 5 heteroatoms. The Hall–Kier alpha value is -1.07. The normalized spacial score (nSPS) is 24.2. The Bertz CT molecular complexity index is 628. The first-order valence-electron chi connectivity index (χ1n) is 9.66. The summed E-state index contributed by atoms with van der Waals surface area (Å²) in [6.07, 6.45) is 7.79. The van der Waals surface area contributed by atoms with Crippen molar-refractivity contribution in [3.63, 3.8) is 0 Å². The van der Waals surface area contributed by atoms with Gasteiger partial charge in [0.2, 0.25) is 0 Å². The molecule has 3 fully saturated rings. The lowest BCUT2D eigenvalue weighted by Gasteiger charge is -2.33. The van der Waals surface area contributed by atoms with Crippen LogP contribution in [0.1, 0.15) is 44.1 Å². The van der Waals surface area contributed by atoms with Crippen molar-refractivity contribution in [1.82, 2.24) is 15.5 Å². The van der Waals surface area contributed by atoms with Crippen molar-refractivity contribution in [1.29, 1.82) is 0 Å². The van der Waals surface area contributed by atoms with E-state index in [9.17, 15) is 0 Å². The molecule has 0 spiro atoms. The van der Waals surface area contributed by atoms with Crippen LogP contribution in [0, 0.1) is 0 Å². The van der Waals surface area contributed by atoms with Gasteiger partial charge < -0.3 is 15.5 Å². The quantitative estimate of drug-likeness (QED) is 0.584. The van der Waals surface area contributed by atoms with Crippen molar-refractivity contribution in [3.8, 4) is 0 Å². The molecule has 1 aromatic rings. The molecular formula is C20H29BrN4. The highest BCUT2D eigenvalue weighted by atomic mass is 79.9. The predicted molar refractivity (Wildman–Crippen MR) is 107 cm³/mol. The number of aliphatic imine (C=N–C) groups is 1. The number of nitrogens with one attached hydrogen (secondary N) is 2. The minimum absolute atomic E-state index is 0.271. The number of hydrogen-bond acceptors (Lipinski definition) is 2. The SMILES string of the molecule is CN=C(NCC1(c2ccccc2Br)CC1)NC1CCN(C2CC2)CC1. The highest BCUT2D eigenvalue weighted by Crippen LogP contribution is 2.49. The van der Waals surface area contributed by atoms with Crippen LogP contribution in [0.15, 0.2) is 33.7 Å². The van der Waals surface area contributed by atoms with Gasteiger partial charge in [-0.1, -0.05) is 34.1 Å². The van der Waals surface area contributed by atoms with E-state index in [0.717, 1.165) is 18.5 Å². The van der Waals surface area contributed by atoms with Crippen molar-refractivity contribution < 1.29 is 0 Å². The van der Waals surface area contributed by atoms with Crippen LogP contribution in [-0.2, 0) is 5.41 Å². The van der Waals surface area contributed by atoms with Crippen molar-refractivity contribution in [3.05, 3.63) is 34.3 Å². The largest absolute Gasteiger partial charge is 0.356 e. The van der Waals surface area contributed by atoms with Crippen LogP contribution >= 0.6 is 15.9 Å². The summed E-state index contributed by atoms with van der Waals surface area (Å²) < 4.78 is 1.23. The zero-order valence-corrected chi connectivity index (χ0v) is 16.7. The summed E-state index contributed by atoms with van der Waals surface area (Å²) in [6, 6.07) is 10.1. The fourth-order valence-electron chi connectivity index (χ4n) is 4.07. The summed E-state index contributed by atoms with van der Waals surface area (Å²) in [5.74, 6) is 0.961. The van der Waals surface area contributed by atoms with E-state index in [1.165, 1.54) is 61.7 Å². The highest BCUT2D eigenvalue weighted by molar-refractivity contribution is 9.10. The number of benzene rings is 1. The maximum absolute atomic E-state index is 4.46. The van der Waals surface area contributed by atoms with Crippen LogP contribution < -0.4 is 10.6 Å². The van der Waals surface area contributed by atoms with Crippen LogP contribution in [0.4, 0.5) is 0 Å². The second-order valence-electron chi connectivity index (χ2n) is 7.87. The van der Waals surface area contributed by atoms with Gasteiger partial charge >= 0.3 is 0 Å². The fourth-order valence-corrected chi connectivity index (χ4v) is 4.78. The van der Waals surface area contributed by atoms with Gasteiger partial charge in [0.05, 0.1) is 0 Å². The van der Waals surface area contributed by atoms with E-state index >= 15 is 0 Å². The first kappa shape index (κ1) is 17.3. The molecular weight excluding hydrogens is 376 g/mol. The predicted octanol–water partition coefficient (Wildman–Crippen LogP) is 3.27. The summed E-state index contributed by atoms with van der Waals surface area (Å²) in [5, 5.41) is 7.25. The van der Waals surface area contributed by atoms with Gasteiger partial charge in [0, 0.05) is 48.7 Å². The lowest BCUT2D eigenvalue weighted by Crippen LogP contribution is -2.50. The minimum Gasteiger partial charge on any atom is -0.356 e. The number of hydrogen-bond donors (Lipinski definition) is 2. The Balaban J connectivity index is 1.29. The van der Waals surface area contributed by atoms with Crippen LogP contribution in [0.2, 0.25) is 0 Å². The second kappa shape index (κ2) is 7.28. The number of halogens is 1. The smallest absolute Gasteiger partial charge is 0.191 e. The molecule has 0 amide bonds. The summed E-state index contributed by atoms with van der Waals surface area (Å²) in [5.41, 5.74) is 1.70. The minimum atomic E-state index is 0.271. The van der Waals surface area contributed by atoms with Gasteiger partial charge in [0.25, 0.3) is 0 Å². The molecule has 3 aliphatic rings. The Morgan fingerprint density at radius 3 is 2.52 bits per heavy atom. The van der Waals surface area contributed by atoms with Crippen molar-refractivity contribution in [2.24, 2.45) is 4.99 Å². The molecule has 1 heterocycles. The number of piperidine rings is 1. The monoisotopic (exact) mass is 404 g/mol. The Morgan fingerprint density at radius 2 is 1.92 bits per heavy atom. The topological polar surface area (TPSA) is 39.7 Å². The van der Waals surface area contributed by atoms with E-state index in [2.05, 4.69) is 60.7 Å². The maximum atomic E-state index is 4.46. The van der Waals surface area contributed by atoms with E-state index in [1.54, 1.807) is 0 Å². The maximum Gasteiger partial charge on any atom is 0.191 e. The van der Waals surface area contributed by atoms with Gasteiger partial charge in [0.1, 0.15) is 0 Å². The van der Waals surface area contributed by atoms with Crippen LogP contribution in [0.3, 0.4) is 0 Å². The number of nitrogens with zero attached hydrogens (tertiary/aromatic N) is 2. The fraction of sp³-hybridized carbons (Fsp3) is 0.650. The third-order valence-electron chi connectivity index (χ3n) is 6.05. The average molecular weight is 405 g/mol. The molecule has 2 N–H and O–H groups in total. The zero-order chi connectivity index (χ0) is 17.3. The standard InChI is InChI=1S/C20H29BrN4/c1-22-19(24-15-8-12-25(13-9-15)16-6-7-16)23-14-20(10-11-20)17-4-2-3-5-18(17)21/h2-5,15-16H,6-14H2,1H3,(H2,22,23,24). The molecule has 1 aromatic carbocycles. The lowest BCUT2D eigenvalue weighted by molar-refractivity contribution is 0.197. The summed E-state index contributed by atoms with van der Waals surface area (Å²) in [7, 11) is 1.88. The van der Waals surface area contributed by atoms with E-state index in [4.69, 9.17) is 0 Å². The molecule has 4 nitrogen and oxygen atoms in total. The highest BCUT2D eigenvalue weighted by Gasteiger charge is 2.45. The first-order valence-corrected chi connectivity index (χ1v) is 10.5. The molecule has 0 radical (unpaired) electrons. The van der Waals surface area contributed by atoms with E-state index in [1.807, 2.05) is 7.05 Å². The van der Waals surface area contributed by atoms with Gasteiger partial charge in [0.15, 0.2) is 5.96 Å². The van der Waals surface area contributed by atoms with E-state index in [-0.39, 0.29) is 5.41 Å². The van der Waals surface area contributed by atoms with Crippen LogP contribution in [-0.4, -0.2) is 49.6 Å². The molecule has 136 valence electrons. The lowest BCUT2D eigenvalue weighted by atomic mass is 9.96. The molecule has 1 saturated heterocycles. The zero-order valence-electron chi connectivity index (χ0n) is 15.1. The molecule has 0 atom stereocenters. The number of guanidine groups is 1. The van der Waals surface area contributed by atoms with E-state index < -0.39 is 0 Å². The van der Waals surface area contributed by atoms with Gasteiger partial charge in [-0.05, 0) is 50.2 Å². The molecule has 4 rings (SSSR count).